The molecule has 0 aromatic rings. The first-order valence-electron chi connectivity index (χ1n) is 6.74. The molecule has 1 fully saturated rings. The number of rotatable bonds is 5. The molecule has 5 heteroatoms. The van der Waals surface area contributed by atoms with Crippen LogP contribution in [0.2, 0.25) is 0 Å². The number of hydrogen-bond donors (Lipinski definition) is 2. The highest BCUT2D eigenvalue weighted by Gasteiger charge is 2.32. The van der Waals surface area contributed by atoms with Gasteiger partial charge in [0, 0.05) is 19.1 Å². The third-order valence-electron chi connectivity index (χ3n) is 3.75. The van der Waals surface area contributed by atoms with Crippen molar-refractivity contribution in [3.8, 4) is 0 Å². The molecule has 1 rings (SSSR count). The zero-order valence-electron chi connectivity index (χ0n) is 11.3. The van der Waals surface area contributed by atoms with E-state index in [1.807, 2.05) is 6.92 Å². The van der Waals surface area contributed by atoms with E-state index in [0.717, 1.165) is 25.7 Å². The van der Waals surface area contributed by atoms with Crippen LogP contribution in [0.1, 0.15) is 39.5 Å². The van der Waals surface area contributed by atoms with Gasteiger partial charge >= 0.3 is 5.97 Å². The zero-order valence-corrected chi connectivity index (χ0v) is 11.3. The second-order valence-corrected chi connectivity index (χ2v) is 5.17. The summed E-state index contributed by atoms with van der Waals surface area (Å²) in [6.45, 7) is 4.31. The molecule has 5 nitrogen and oxygen atoms in total. The highest BCUT2D eigenvalue weighted by atomic mass is 16.4. The minimum Gasteiger partial charge on any atom is -0.481 e. The van der Waals surface area contributed by atoms with Crippen LogP contribution in [0, 0.1) is 11.8 Å². The van der Waals surface area contributed by atoms with Crippen molar-refractivity contribution in [1.82, 2.24) is 4.90 Å². The Morgan fingerprint density at radius 1 is 1.39 bits per heavy atom. The standard InChI is InChI=1S/C13H24N2O3/c1-3-15(8-9(2)13(17)18)12(16)10-6-4-5-7-11(10)14/h9-11H,3-8,14H2,1-2H3,(H,17,18). The van der Waals surface area contributed by atoms with Crippen molar-refractivity contribution in [2.45, 2.75) is 45.6 Å². The van der Waals surface area contributed by atoms with Crippen LogP contribution in [0.3, 0.4) is 0 Å². The number of nitrogens with two attached hydrogens (primary N) is 1. The van der Waals surface area contributed by atoms with Gasteiger partial charge in [-0.2, -0.15) is 0 Å². The molecular weight excluding hydrogens is 232 g/mol. The first-order chi connectivity index (χ1) is 8.47. The Kier molecular flexibility index (Phi) is 5.59. The minimum atomic E-state index is -0.866. The van der Waals surface area contributed by atoms with E-state index < -0.39 is 11.9 Å². The molecule has 0 aromatic heterocycles. The third kappa shape index (κ3) is 3.70. The Hall–Kier alpha value is -1.10. The number of carbonyl (C=O) groups is 2. The summed E-state index contributed by atoms with van der Waals surface area (Å²) in [4.78, 5) is 24.8. The number of hydrogen-bond acceptors (Lipinski definition) is 3. The topological polar surface area (TPSA) is 83.6 Å². The summed E-state index contributed by atoms with van der Waals surface area (Å²) >= 11 is 0. The lowest BCUT2D eigenvalue weighted by Gasteiger charge is -2.33. The molecule has 1 saturated carbocycles. The second kappa shape index (κ2) is 6.73. The van der Waals surface area contributed by atoms with E-state index in [9.17, 15) is 9.59 Å². The number of carboxylic acid groups (broad SMARTS) is 1. The van der Waals surface area contributed by atoms with Crippen LogP contribution >= 0.6 is 0 Å². The predicted octanol–water partition coefficient (Wildman–Crippen LogP) is 1.07. The van der Waals surface area contributed by atoms with Gasteiger partial charge in [-0.05, 0) is 19.8 Å². The van der Waals surface area contributed by atoms with Crippen LogP contribution in [-0.4, -0.2) is 41.0 Å². The van der Waals surface area contributed by atoms with E-state index in [-0.39, 0.29) is 24.4 Å². The molecule has 0 heterocycles. The largest absolute Gasteiger partial charge is 0.481 e. The van der Waals surface area contributed by atoms with Crippen LogP contribution in [0.15, 0.2) is 0 Å². The van der Waals surface area contributed by atoms with Gasteiger partial charge in [-0.25, -0.2) is 0 Å². The average Bonchev–Trinajstić information content (AvgIpc) is 2.35. The maximum absolute atomic E-state index is 12.4. The fraction of sp³-hybridized carbons (Fsp3) is 0.846. The van der Waals surface area contributed by atoms with Crippen molar-refractivity contribution < 1.29 is 14.7 Å². The van der Waals surface area contributed by atoms with Crippen LogP contribution < -0.4 is 5.73 Å². The number of nitrogens with zero attached hydrogens (tertiary/aromatic N) is 1. The molecule has 3 unspecified atom stereocenters. The summed E-state index contributed by atoms with van der Waals surface area (Å²) in [5.74, 6) is -1.50. The van der Waals surface area contributed by atoms with Crippen LogP contribution in [0.25, 0.3) is 0 Å². The van der Waals surface area contributed by atoms with Crippen molar-refractivity contribution in [3.63, 3.8) is 0 Å². The minimum absolute atomic E-state index is 0.0257. The first-order valence-corrected chi connectivity index (χ1v) is 6.74. The summed E-state index contributed by atoms with van der Waals surface area (Å²) in [7, 11) is 0. The number of amides is 1. The molecule has 0 bridgehead atoms. The van der Waals surface area contributed by atoms with Crippen molar-refractivity contribution >= 4 is 11.9 Å². The monoisotopic (exact) mass is 256 g/mol. The molecule has 1 aliphatic rings. The van der Waals surface area contributed by atoms with E-state index >= 15 is 0 Å². The molecule has 0 saturated heterocycles. The van der Waals surface area contributed by atoms with E-state index in [4.69, 9.17) is 10.8 Å². The molecule has 18 heavy (non-hydrogen) atoms. The average molecular weight is 256 g/mol. The third-order valence-corrected chi connectivity index (χ3v) is 3.75. The van der Waals surface area contributed by atoms with Gasteiger partial charge in [0.2, 0.25) is 5.91 Å². The van der Waals surface area contributed by atoms with E-state index in [1.165, 1.54) is 0 Å². The van der Waals surface area contributed by atoms with E-state index in [2.05, 4.69) is 0 Å². The maximum atomic E-state index is 12.4. The van der Waals surface area contributed by atoms with Crippen molar-refractivity contribution in [2.24, 2.45) is 17.6 Å². The van der Waals surface area contributed by atoms with Gasteiger partial charge in [0.1, 0.15) is 0 Å². The number of carboxylic acids is 1. The molecule has 3 atom stereocenters. The predicted molar refractivity (Wildman–Crippen MR) is 69.0 cm³/mol. The normalized spacial score (nSPS) is 25.5. The molecule has 104 valence electrons. The Morgan fingerprint density at radius 3 is 2.50 bits per heavy atom. The molecule has 1 amide bonds. The summed E-state index contributed by atoms with van der Waals surface area (Å²) < 4.78 is 0. The molecular formula is C13H24N2O3. The number of aliphatic carboxylic acids is 1. The molecule has 0 radical (unpaired) electrons. The Morgan fingerprint density at radius 2 is 2.00 bits per heavy atom. The van der Waals surface area contributed by atoms with Gasteiger partial charge in [0.25, 0.3) is 0 Å². The van der Waals surface area contributed by atoms with Crippen molar-refractivity contribution in [1.29, 1.82) is 0 Å². The van der Waals surface area contributed by atoms with Gasteiger partial charge in [-0.3, -0.25) is 9.59 Å². The molecule has 1 aliphatic carbocycles. The smallest absolute Gasteiger partial charge is 0.308 e. The van der Waals surface area contributed by atoms with Crippen LogP contribution in [0.4, 0.5) is 0 Å². The molecule has 0 aliphatic heterocycles. The summed E-state index contributed by atoms with van der Waals surface area (Å²) in [6.07, 6.45) is 3.85. The second-order valence-electron chi connectivity index (χ2n) is 5.17. The lowest BCUT2D eigenvalue weighted by Crippen LogP contribution is -2.47. The van der Waals surface area contributed by atoms with Gasteiger partial charge in [-0.1, -0.05) is 19.8 Å². The fourth-order valence-electron chi connectivity index (χ4n) is 2.48. The Bertz CT molecular complexity index is 307. The maximum Gasteiger partial charge on any atom is 0.308 e. The summed E-state index contributed by atoms with van der Waals surface area (Å²) in [5.41, 5.74) is 6.00. The highest BCUT2D eigenvalue weighted by molar-refractivity contribution is 5.80. The lowest BCUT2D eigenvalue weighted by atomic mass is 9.84. The van der Waals surface area contributed by atoms with E-state index in [1.54, 1.807) is 11.8 Å². The summed E-state index contributed by atoms with van der Waals surface area (Å²) in [6, 6.07) is -0.0690. The van der Waals surface area contributed by atoms with Crippen molar-refractivity contribution in [3.05, 3.63) is 0 Å². The van der Waals surface area contributed by atoms with Crippen LogP contribution in [-0.2, 0) is 9.59 Å². The van der Waals surface area contributed by atoms with Gasteiger partial charge < -0.3 is 15.7 Å². The SMILES string of the molecule is CCN(CC(C)C(=O)O)C(=O)C1CCCCC1N. The summed E-state index contributed by atoms with van der Waals surface area (Å²) in [5, 5.41) is 8.91. The fourth-order valence-corrected chi connectivity index (χ4v) is 2.48. The van der Waals surface area contributed by atoms with Gasteiger partial charge in [-0.15, -0.1) is 0 Å². The number of carbonyl (C=O) groups excluding carboxylic acids is 1. The Balaban J connectivity index is 2.63. The van der Waals surface area contributed by atoms with Gasteiger partial charge in [0.15, 0.2) is 0 Å². The Labute approximate surface area is 108 Å². The molecule has 0 spiro atoms. The molecule has 3 N–H and O–H groups in total. The first kappa shape index (κ1) is 15.0. The lowest BCUT2D eigenvalue weighted by molar-refractivity contribution is -0.144. The highest BCUT2D eigenvalue weighted by Crippen LogP contribution is 2.25. The molecule has 0 aromatic carbocycles. The van der Waals surface area contributed by atoms with Crippen LogP contribution in [0.5, 0.6) is 0 Å². The van der Waals surface area contributed by atoms with Gasteiger partial charge in [0.05, 0.1) is 11.8 Å². The van der Waals surface area contributed by atoms with E-state index in [0.29, 0.717) is 6.54 Å². The quantitative estimate of drug-likeness (QED) is 0.770. The van der Waals surface area contributed by atoms with Crippen molar-refractivity contribution in [2.75, 3.05) is 13.1 Å². The zero-order chi connectivity index (χ0) is 13.7.